The second-order valence-electron chi connectivity index (χ2n) is 6.36. The van der Waals surface area contributed by atoms with E-state index in [4.69, 9.17) is 4.74 Å². The van der Waals surface area contributed by atoms with E-state index in [9.17, 15) is 25.4 Å². The molecule has 0 saturated heterocycles. The summed E-state index contributed by atoms with van der Waals surface area (Å²) in [5.74, 6) is -1.46. The first-order valence-corrected chi connectivity index (χ1v) is 7.87. The number of benzene rings is 1. The fourth-order valence-electron chi connectivity index (χ4n) is 4.44. The summed E-state index contributed by atoms with van der Waals surface area (Å²) in [4.78, 5) is 23.9. The molecule has 3 atom stereocenters. The van der Waals surface area contributed by atoms with Crippen molar-refractivity contribution in [3.05, 3.63) is 45.2 Å². The molecule has 2 aliphatic heterocycles. The number of nitro groups is 1. The third kappa shape index (κ3) is 1.76. The van der Waals surface area contributed by atoms with E-state index in [1.54, 1.807) is 6.07 Å². The van der Waals surface area contributed by atoms with Gasteiger partial charge in [0.25, 0.3) is 11.6 Å². The third-order valence-electron chi connectivity index (χ3n) is 5.33. The molecule has 8 nitrogen and oxygen atoms in total. The lowest BCUT2D eigenvalue weighted by Crippen LogP contribution is -2.48. The topological polar surface area (TPSA) is 129 Å². The van der Waals surface area contributed by atoms with Crippen LogP contribution < -0.4 is 5.32 Å². The molecule has 1 aromatic rings. The van der Waals surface area contributed by atoms with Crippen LogP contribution in [0.1, 0.15) is 24.8 Å². The Kier molecular flexibility index (Phi) is 3.06. The number of ether oxygens (including phenoxy) is 1. The number of nitrogens with one attached hydrogen (secondary N) is 1. The molecule has 1 fully saturated rings. The number of hydrogen-bond acceptors (Lipinski definition) is 6. The summed E-state index contributed by atoms with van der Waals surface area (Å²) in [6, 6.07) is 8.28. The SMILES string of the molecule is N#CC1=C(C#N)C2CCCC2C2(O1)C(=O)Nc1cccc([N+](=O)[O-])c12. The van der Waals surface area contributed by atoms with Crippen LogP contribution in [-0.2, 0) is 15.1 Å². The van der Waals surface area contributed by atoms with Crippen molar-refractivity contribution in [1.82, 2.24) is 0 Å². The van der Waals surface area contributed by atoms with Crippen molar-refractivity contribution >= 4 is 17.3 Å². The fraction of sp³-hybridized carbons (Fsp3) is 0.353. The van der Waals surface area contributed by atoms with Gasteiger partial charge in [0.1, 0.15) is 11.6 Å². The number of anilines is 1. The summed E-state index contributed by atoms with van der Waals surface area (Å²) in [7, 11) is 0. The molecule has 8 heteroatoms. The first kappa shape index (κ1) is 15.2. The van der Waals surface area contributed by atoms with Gasteiger partial charge < -0.3 is 10.1 Å². The van der Waals surface area contributed by atoms with Crippen molar-refractivity contribution in [3.8, 4) is 12.1 Å². The van der Waals surface area contributed by atoms with Gasteiger partial charge in [0.05, 0.1) is 22.3 Å². The molecule has 1 saturated carbocycles. The average Bonchev–Trinajstić information content (AvgIpc) is 3.19. The number of fused-ring (bicyclic) bond motifs is 4. The monoisotopic (exact) mass is 336 g/mol. The molecule has 1 aromatic carbocycles. The molecule has 0 aromatic heterocycles. The molecule has 124 valence electrons. The van der Waals surface area contributed by atoms with E-state index in [0.29, 0.717) is 18.5 Å². The maximum atomic E-state index is 12.9. The minimum atomic E-state index is -1.63. The Bertz CT molecular complexity index is 939. The molecule has 2 heterocycles. The zero-order valence-corrected chi connectivity index (χ0v) is 13.0. The van der Waals surface area contributed by atoms with Crippen molar-refractivity contribution in [2.75, 3.05) is 5.32 Å². The molecule has 3 aliphatic rings. The van der Waals surface area contributed by atoms with E-state index in [-0.39, 0.29) is 28.5 Å². The molecule has 3 unspecified atom stereocenters. The van der Waals surface area contributed by atoms with Crippen molar-refractivity contribution in [2.45, 2.75) is 24.9 Å². The van der Waals surface area contributed by atoms with Crippen molar-refractivity contribution < 1.29 is 14.5 Å². The fourth-order valence-corrected chi connectivity index (χ4v) is 4.44. The Hall–Kier alpha value is -3.39. The van der Waals surface area contributed by atoms with Gasteiger partial charge in [-0.3, -0.25) is 14.9 Å². The number of amides is 1. The van der Waals surface area contributed by atoms with Crippen molar-refractivity contribution in [3.63, 3.8) is 0 Å². The minimum Gasteiger partial charge on any atom is -0.461 e. The summed E-state index contributed by atoms with van der Waals surface area (Å²) in [6.45, 7) is 0. The maximum Gasteiger partial charge on any atom is 0.279 e. The highest BCUT2D eigenvalue weighted by Gasteiger charge is 2.64. The van der Waals surface area contributed by atoms with Crippen LogP contribution in [0.3, 0.4) is 0 Å². The smallest absolute Gasteiger partial charge is 0.279 e. The normalized spacial score (nSPS) is 29.3. The Balaban J connectivity index is 2.03. The Labute approximate surface area is 142 Å². The Morgan fingerprint density at radius 3 is 2.80 bits per heavy atom. The predicted octanol–water partition coefficient (Wildman–Crippen LogP) is 2.49. The van der Waals surface area contributed by atoms with Gasteiger partial charge >= 0.3 is 0 Å². The molecule has 25 heavy (non-hydrogen) atoms. The summed E-state index contributed by atoms with van der Waals surface area (Å²) in [6.07, 6.45) is 1.99. The second-order valence-corrected chi connectivity index (χ2v) is 6.36. The quantitative estimate of drug-likeness (QED) is 0.619. The number of carbonyl (C=O) groups excluding carboxylic acids is 1. The Morgan fingerprint density at radius 1 is 1.32 bits per heavy atom. The number of allylic oxidation sites excluding steroid dienone is 2. The Morgan fingerprint density at radius 2 is 2.12 bits per heavy atom. The first-order chi connectivity index (χ1) is 12.0. The lowest BCUT2D eigenvalue weighted by atomic mass is 9.71. The third-order valence-corrected chi connectivity index (χ3v) is 5.33. The van der Waals surface area contributed by atoms with Gasteiger partial charge in [0.15, 0.2) is 0 Å². The number of hydrogen-bond donors (Lipinski definition) is 1. The first-order valence-electron chi connectivity index (χ1n) is 7.87. The molecular weight excluding hydrogens is 324 g/mol. The number of rotatable bonds is 1. The van der Waals surface area contributed by atoms with E-state index in [1.165, 1.54) is 12.1 Å². The summed E-state index contributed by atoms with van der Waals surface area (Å²) in [5.41, 5.74) is -1.14. The van der Waals surface area contributed by atoms with Gasteiger partial charge in [-0.05, 0) is 18.9 Å². The number of nitriles is 2. The number of carbonyl (C=O) groups is 1. The van der Waals surface area contributed by atoms with Crippen LogP contribution in [0.15, 0.2) is 29.5 Å². The van der Waals surface area contributed by atoms with Gasteiger partial charge in [-0.15, -0.1) is 0 Å². The molecule has 1 N–H and O–H groups in total. The van der Waals surface area contributed by atoms with Gasteiger partial charge in [0, 0.05) is 17.9 Å². The standard InChI is InChI=1S/C17H12N4O4/c18-7-10-9-3-1-4-11(9)17(25-14(10)8-19)15-12(20-16(17)22)5-2-6-13(15)21(23)24/h2,5-6,9,11H,1,3-4H2,(H,20,22). The van der Waals surface area contributed by atoms with Crippen molar-refractivity contribution in [1.29, 1.82) is 10.5 Å². The van der Waals surface area contributed by atoms with Crippen LogP contribution in [0, 0.1) is 44.6 Å². The second kappa shape index (κ2) is 5.05. The highest BCUT2D eigenvalue weighted by atomic mass is 16.6. The molecule has 1 amide bonds. The van der Waals surface area contributed by atoms with E-state index < -0.39 is 22.3 Å². The number of nitrogens with zero attached hydrogens (tertiary/aromatic N) is 3. The molecule has 1 aliphatic carbocycles. The average molecular weight is 336 g/mol. The van der Waals surface area contributed by atoms with Crippen LogP contribution in [0.2, 0.25) is 0 Å². The van der Waals surface area contributed by atoms with Gasteiger partial charge in [-0.1, -0.05) is 12.5 Å². The summed E-state index contributed by atoms with van der Waals surface area (Å²) < 4.78 is 5.81. The molecular formula is C17H12N4O4. The summed E-state index contributed by atoms with van der Waals surface area (Å²) >= 11 is 0. The zero-order chi connectivity index (χ0) is 17.8. The zero-order valence-electron chi connectivity index (χ0n) is 13.0. The predicted molar refractivity (Wildman–Crippen MR) is 83.6 cm³/mol. The highest BCUT2D eigenvalue weighted by molar-refractivity contribution is 6.07. The van der Waals surface area contributed by atoms with Crippen LogP contribution >= 0.6 is 0 Å². The molecule has 0 radical (unpaired) electrons. The van der Waals surface area contributed by atoms with Gasteiger partial charge in [-0.2, -0.15) is 10.5 Å². The summed E-state index contributed by atoms with van der Waals surface area (Å²) in [5, 5.41) is 33.0. The van der Waals surface area contributed by atoms with Crippen LogP contribution in [0.5, 0.6) is 0 Å². The van der Waals surface area contributed by atoms with E-state index in [0.717, 1.165) is 6.42 Å². The lowest BCUT2D eigenvalue weighted by molar-refractivity contribution is -0.386. The number of nitro benzene ring substituents is 1. The molecule has 1 spiro atoms. The van der Waals surface area contributed by atoms with E-state index >= 15 is 0 Å². The van der Waals surface area contributed by atoms with E-state index in [2.05, 4.69) is 5.32 Å². The van der Waals surface area contributed by atoms with Crippen LogP contribution in [-0.4, -0.2) is 10.8 Å². The lowest BCUT2D eigenvalue weighted by Gasteiger charge is -2.40. The van der Waals surface area contributed by atoms with Gasteiger partial charge in [-0.25, -0.2) is 0 Å². The van der Waals surface area contributed by atoms with Crippen molar-refractivity contribution in [2.24, 2.45) is 11.8 Å². The largest absolute Gasteiger partial charge is 0.461 e. The minimum absolute atomic E-state index is 0.159. The molecule has 0 bridgehead atoms. The maximum absolute atomic E-state index is 12.9. The van der Waals surface area contributed by atoms with Crippen LogP contribution in [0.25, 0.3) is 0 Å². The highest BCUT2D eigenvalue weighted by Crippen LogP contribution is 2.59. The van der Waals surface area contributed by atoms with Gasteiger partial charge in [0.2, 0.25) is 11.4 Å². The van der Waals surface area contributed by atoms with Crippen LogP contribution in [0.4, 0.5) is 11.4 Å². The molecule has 4 rings (SSSR count). The van der Waals surface area contributed by atoms with E-state index in [1.807, 2.05) is 12.1 Å².